The van der Waals surface area contributed by atoms with Crippen LogP contribution in [0.2, 0.25) is 5.02 Å². The zero-order valence-corrected chi connectivity index (χ0v) is 66.1. The third-order valence-electron chi connectivity index (χ3n) is 12.8. The number of aryl methyl sites for hydroxylation is 3. The quantitative estimate of drug-likeness (QED) is 0.0502. The van der Waals surface area contributed by atoms with Gasteiger partial charge in [-0.25, -0.2) is 19.6 Å². The van der Waals surface area contributed by atoms with E-state index in [2.05, 4.69) is 181 Å². The second kappa shape index (κ2) is 40.6. The van der Waals surface area contributed by atoms with Gasteiger partial charge < -0.3 is 45.4 Å². The van der Waals surface area contributed by atoms with Gasteiger partial charge in [0, 0.05) is 106 Å². The van der Waals surface area contributed by atoms with Crippen molar-refractivity contribution in [2.75, 3.05) is 36.3 Å². The smallest absolute Gasteiger partial charge is 0.191 e. The standard InChI is InChI=1S/C18H21N3O3S.C16H16ClN3OS.C16H17N3OS.C13H11N3O.4C4H10/c1-11(2)19-18-21-16(10-25-18)15-9-17(22)13-5-4-12(8-14(13)20-15)24-7-6-23-3;1-8(2)18-16-20-12(7-22-16)11-6-13(21)10-5-4-9(3)14(17)15(10)19-11;1-9(2)17-16-19-14(8-21-16)13-7-15(20)11-5-4-10(3)6-12(11)18-13;1-9-3-4-10-11(7-9)15-13(8-12(10)17)16-6-2-5-14-16;4*1-4(2)3/h4-5,8-11H,6-7H2,1-3H3,(H,19,21)(H,20,22);4-8H,1-3H3,(H,18,20)(H,19,21);4-9H,1-3H3,(H,17,19)(H,18,20);2-8H,1H3,(H,15,17);4*4H,1-3H3. The van der Waals surface area contributed by atoms with Crippen molar-refractivity contribution in [1.82, 2.24) is 44.7 Å². The zero-order valence-electron chi connectivity index (χ0n) is 62.9. The fourth-order valence-corrected chi connectivity index (χ4v) is 11.5. The summed E-state index contributed by atoms with van der Waals surface area (Å²) in [6, 6.07) is 29.7. The maximum Gasteiger partial charge on any atom is 0.191 e. The Morgan fingerprint density at radius 3 is 1.25 bits per heavy atom. The summed E-state index contributed by atoms with van der Waals surface area (Å²) in [6.07, 6.45) is 3.48. The van der Waals surface area contributed by atoms with E-state index in [0.29, 0.717) is 86.4 Å². The van der Waals surface area contributed by atoms with Crippen LogP contribution < -0.4 is 42.4 Å². The van der Waals surface area contributed by atoms with Crippen molar-refractivity contribution in [3.8, 4) is 45.7 Å². The van der Waals surface area contributed by atoms with Crippen LogP contribution in [0.3, 0.4) is 0 Å². The van der Waals surface area contributed by atoms with Crippen LogP contribution in [0.25, 0.3) is 83.6 Å². The first-order valence-electron chi connectivity index (χ1n) is 34.3. The third kappa shape index (κ3) is 27.6. The molecule has 542 valence electrons. The van der Waals surface area contributed by atoms with Crippen LogP contribution >= 0.6 is 45.6 Å². The highest BCUT2D eigenvalue weighted by atomic mass is 35.5. The van der Waals surface area contributed by atoms with E-state index in [1.807, 2.05) is 91.5 Å². The molecule has 101 heavy (non-hydrogen) atoms. The molecule has 8 aromatic heterocycles. The lowest BCUT2D eigenvalue weighted by molar-refractivity contribution is 0.146. The van der Waals surface area contributed by atoms with Crippen molar-refractivity contribution in [2.24, 2.45) is 23.7 Å². The molecule has 0 radical (unpaired) electrons. The minimum Gasteiger partial charge on any atom is -0.491 e. The number of pyridine rings is 4. The lowest BCUT2D eigenvalue weighted by atomic mass is 10.1. The monoisotopic (exact) mass is 1450 g/mol. The molecule has 22 heteroatoms. The molecule has 0 aliphatic rings. The topological polar surface area (TPSA) is 242 Å². The summed E-state index contributed by atoms with van der Waals surface area (Å²) in [5, 5.41) is 25.4. The molecule has 12 rings (SSSR count). The van der Waals surface area contributed by atoms with Crippen LogP contribution in [-0.2, 0) is 4.74 Å². The second-order valence-corrected chi connectivity index (χ2v) is 30.8. The van der Waals surface area contributed by atoms with Crippen LogP contribution in [0.1, 0.15) is 141 Å². The van der Waals surface area contributed by atoms with Crippen molar-refractivity contribution in [2.45, 2.75) is 164 Å². The Hall–Kier alpha value is -8.73. The van der Waals surface area contributed by atoms with Gasteiger partial charge in [0.05, 0.1) is 67.9 Å². The maximum atomic E-state index is 12.4. The summed E-state index contributed by atoms with van der Waals surface area (Å²) in [6.45, 7) is 45.3. The SMILES string of the molecule is CC(C)C.CC(C)C.CC(C)C.CC(C)C.COCCOc1ccc2c(=O)cc(-c3csc(NC(C)C)n3)[nH]c2c1.Cc1ccc2c(=O)cc(-c3csc(NC(C)C)n3)[nH]c2c1.Cc1ccc2c(=O)cc(-c3csc(NC(C)C)n3)[nH]c2c1Cl.Cc1ccc2c(=O)cc(-n3cccn3)[nH]c2c1. The Labute approximate surface area is 612 Å². The first-order chi connectivity index (χ1) is 47.7. The Kier molecular flexibility index (Phi) is 33.4. The number of rotatable bonds is 14. The van der Waals surface area contributed by atoms with Gasteiger partial charge in [-0.2, -0.15) is 5.10 Å². The Balaban J connectivity index is 0.000000227. The minimum absolute atomic E-state index is 0.00394. The van der Waals surface area contributed by atoms with Crippen LogP contribution in [-0.4, -0.2) is 83.1 Å². The number of nitrogens with one attached hydrogen (secondary N) is 7. The summed E-state index contributed by atoms with van der Waals surface area (Å²) in [7, 11) is 1.63. The summed E-state index contributed by atoms with van der Waals surface area (Å²) in [5.74, 6) is 4.70. The lowest BCUT2D eigenvalue weighted by Crippen LogP contribution is -2.09. The molecule has 7 N–H and O–H groups in total. The number of ether oxygens (including phenoxy) is 2. The van der Waals surface area contributed by atoms with Crippen LogP contribution in [0.5, 0.6) is 5.75 Å². The normalized spacial score (nSPS) is 10.8. The average Bonchev–Trinajstić information content (AvgIpc) is 1.76. The van der Waals surface area contributed by atoms with Gasteiger partial charge in [0.15, 0.2) is 37.1 Å². The van der Waals surface area contributed by atoms with E-state index in [4.69, 9.17) is 21.1 Å². The molecular weight excluding hydrogens is 1340 g/mol. The van der Waals surface area contributed by atoms with E-state index in [0.717, 1.165) is 95.1 Å². The van der Waals surface area contributed by atoms with E-state index < -0.39 is 0 Å². The van der Waals surface area contributed by atoms with E-state index >= 15 is 0 Å². The zero-order chi connectivity index (χ0) is 74.8. The van der Waals surface area contributed by atoms with Gasteiger partial charge in [0.25, 0.3) is 0 Å². The maximum absolute atomic E-state index is 12.4. The summed E-state index contributed by atoms with van der Waals surface area (Å²) < 4.78 is 12.2. The summed E-state index contributed by atoms with van der Waals surface area (Å²) in [4.78, 5) is 75.5. The van der Waals surface area contributed by atoms with E-state index in [1.54, 1.807) is 78.0 Å². The van der Waals surface area contributed by atoms with Gasteiger partial charge in [-0.3, -0.25) is 19.2 Å². The molecule has 4 aromatic carbocycles. The van der Waals surface area contributed by atoms with Crippen LogP contribution in [0.4, 0.5) is 15.4 Å². The average molecular weight is 1450 g/mol. The number of aromatic amines is 4. The predicted octanol–water partition coefficient (Wildman–Crippen LogP) is 20.4. The molecule has 0 aliphatic carbocycles. The molecule has 0 bridgehead atoms. The number of H-pyrrole nitrogens is 4. The Morgan fingerprint density at radius 1 is 0.465 bits per heavy atom. The third-order valence-corrected chi connectivity index (χ3v) is 15.6. The van der Waals surface area contributed by atoms with Gasteiger partial charge in [-0.1, -0.05) is 113 Å². The Bertz CT molecular complexity index is 4730. The molecule has 0 unspecified atom stereocenters. The van der Waals surface area contributed by atoms with Crippen molar-refractivity contribution < 1.29 is 9.47 Å². The fraction of sp³-hybridized carbons (Fsp3) is 0.392. The number of anilines is 3. The van der Waals surface area contributed by atoms with Gasteiger partial charge >= 0.3 is 0 Å². The Morgan fingerprint density at radius 2 is 0.842 bits per heavy atom. The number of hydrogen-bond donors (Lipinski definition) is 7. The molecule has 0 atom stereocenters. The molecule has 0 saturated carbocycles. The first-order valence-corrected chi connectivity index (χ1v) is 37.3. The first kappa shape index (κ1) is 82.9. The van der Waals surface area contributed by atoms with Gasteiger partial charge in [0.1, 0.15) is 18.2 Å². The van der Waals surface area contributed by atoms with Crippen LogP contribution in [0, 0.1) is 44.4 Å². The number of methoxy groups -OCH3 is 1. The molecule has 8 heterocycles. The van der Waals surface area contributed by atoms with E-state index in [-0.39, 0.29) is 21.7 Å². The largest absolute Gasteiger partial charge is 0.491 e. The number of benzene rings is 4. The molecule has 0 fully saturated rings. The summed E-state index contributed by atoms with van der Waals surface area (Å²) in [5.41, 5.74) is 10.6. The van der Waals surface area contributed by atoms with Crippen molar-refractivity contribution in [3.63, 3.8) is 0 Å². The highest BCUT2D eigenvalue weighted by Gasteiger charge is 2.15. The van der Waals surface area contributed by atoms with Gasteiger partial charge in [-0.15, -0.1) is 34.0 Å². The minimum atomic E-state index is -0.0583. The molecule has 0 amide bonds. The van der Waals surface area contributed by atoms with Crippen LogP contribution in [0.15, 0.2) is 145 Å². The number of aromatic nitrogens is 9. The highest BCUT2D eigenvalue weighted by Crippen LogP contribution is 2.30. The van der Waals surface area contributed by atoms with E-state index in [1.165, 1.54) is 22.7 Å². The second-order valence-electron chi connectivity index (χ2n) is 27.8. The van der Waals surface area contributed by atoms with Gasteiger partial charge in [-0.05, 0) is 151 Å². The number of nitrogens with zero attached hydrogens (tertiary/aromatic N) is 5. The van der Waals surface area contributed by atoms with Crippen molar-refractivity contribution in [3.05, 3.63) is 188 Å². The summed E-state index contributed by atoms with van der Waals surface area (Å²) >= 11 is 10.9. The predicted molar refractivity (Wildman–Crippen MR) is 434 cm³/mol. The fourth-order valence-electron chi connectivity index (χ4n) is 8.75. The molecule has 12 aromatic rings. The number of hydrogen-bond acceptors (Lipinski definition) is 16. The number of thiazole rings is 3. The molecule has 18 nitrogen and oxygen atoms in total. The number of halogens is 1. The lowest BCUT2D eigenvalue weighted by Gasteiger charge is -2.08. The molecular formula is C79H105ClN12O6S3. The molecule has 0 aliphatic heterocycles. The van der Waals surface area contributed by atoms with Gasteiger partial charge in [0.2, 0.25) is 0 Å². The molecule has 0 saturated heterocycles. The van der Waals surface area contributed by atoms with Crippen molar-refractivity contribution >= 4 is 105 Å². The number of fused-ring (bicyclic) bond motifs is 4. The van der Waals surface area contributed by atoms with Crippen molar-refractivity contribution in [1.29, 1.82) is 0 Å². The highest BCUT2D eigenvalue weighted by molar-refractivity contribution is 7.14. The van der Waals surface area contributed by atoms with E-state index in [9.17, 15) is 19.2 Å². The molecule has 0 spiro atoms.